The molecule has 0 bridgehead atoms. The predicted molar refractivity (Wildman–Crippen MR) is 76.7 cm³/mol. The highest BCUT2D eigenvalue weighted by Gasteiger charge is 2.26. The molecule has 1 unspecified atom stereocenters. The van der Waals surface area contributed by atoms with Crippen LogP contribution in [-0.4, -0.2) is 31.7 Å². The maximum absolute atomic E-state index is 12.2. The Kier molecular flexibility index (Phi) is 4.61. The van der Waals surface area contributed by atoms with Crippen molar-refractivity contribution in [2.75, 3.05) is 24.6 Å². The Labute approximate surface area is 118 Å². The van der Waals surface area contributed by atoms with Gasteiger partial charge in [-0.3, -0.25) is 9.69 Å². The van der Waals surface area contributed by atoms with Crippen molar-refractivity contribution in [1.29, 1.82) is 0 Å². The van der Waals surface area contributed by atoms with Crippen LogP contribution < -0.4 is 10.2 Å². The second kappa shape index (κ2) is 6.41. The number of hydrogen-bond donors (Lipinski definition) is 1. The molecule has 0 aliphatic carbocycles. The summed E-state index contributed by atoms with van der Waals surface area (Å²) >= 11 is 0. The molecule has 1 aliphatic rings. The summed E-state index contributed by atoms with van der Waals surface area (Å²) in [4.78, 5) is 25.2. The largest absolute Gasteiger partial charge is 0.465 e. The van der Waals surface area contributed by atoms with E-state index in [1.165, 1.54) is 0 Å². The van der Waals surface area contributed by atoms with Gasteiger partial charge in [0.1, 0.15) is 6.54 Å². The van der Waals surface area contributed by atoms with Crippen LogP contribution in [0.5, 0.6) is 0 Å². The van der Waals surface area contributed by atoms with Crippen LogP contribution in [0, 0.1) is 5.92 Å². The average Bonchev–Trinajstić information content (AvgIpc) is 2.44. The molecule has 5 heteroatoms. The molecule has 2 amide bonds. The van der Waals surface area contributed by atoms with Gasteiger partial charge in [0.15, 0.2) is 0 Å². The molecule has 0 radical (unpaired) electrons. The van der Waals surface area contributed by atoms with Gasteiger partial charge in [0.05, 0.1) is 6.61 Å². The van der Waals surface area contributed by atoms with Crippen LogP contribution in [0.4, 0.5) is 10.5 Å². The van der Waals surface area contributed by atoms with E-state index in [4.69, 9.17) is 4.74 Å². The van der Waals surface area contributed by atoms with Crippen molar-refractivity contribution in [3.05, 3.63) is 29.8 Å². The first-order valence-electron chi connectivity index (χ1n) is 6.90. The van der Waals surface area contributed by atoms with Gasteiger partial charge in [-0.25, -0.2) is 4.79 Å². The molecule has 1 aromatic carbocycles. The third-order valence-electron chi connectivity index (χ3n) is 3.28. The number of amides is 2. The van der Waals surface area contributed by atoms with Gasteiger partial charge in [0.2, 0.25) is 0 Å². The zero-order valence-corrected chi connectivity index (χ0v) is 11.9. The summed E-state index contributed by atoms with van der Waals surface area (Å²) in [5, 5.41) is 2.61. The summed E-state index contributed by atoms with van der Waals surface area (Å²) in [7, 11) is 0. The maximum atomic E-state index is 12.2. The quantitative estimate of drug-likeness (QED) is 0.859. The Morgan fingerprint density at radius 2 is 2.15 bits per heavy atom. The Morgan fingerprint density at radius 3 is 2.90 bits per heavy atom. The number of carbonyl (C=O) groups excluding carboxylic acids is 2. The van der Waals surface area contributed by atoms with Crippen molar-refractivity contribution in [3.8, 4) is 0 Å². The molecule has 108 valence electrons. The van der Waals surface area contributed by atoms with E-state index < -0.39 is 5.97 Å². The molecule has 1 aliphatic heterocycles. The minimum Gasteiger partial charge on any atom is -0.465 e. The molecular weight excluding hydrogens is 256 g/mol. The van der Waals surface area contributed by atoms with E-state index in [-0.39, 0.29) is 12.6 Å². The first-order valence-corrected chi connectivity index (χ1v) is 6.90. The lowest BCUT2D eigenvalue weighted by Gasteiger charge is -2.33. The highest BCUT2D eigenvalue weighted by molar-refractivity contribution is 5.94. The number of anilines is 1. The van der Waals surface area contributed by atoms with Crippen LogP contribution in [0.3, 0.4) is 0 Å². The molecule has 1 N–H and O–H groups in total. The lowest BCUT2D eigenvalue weighted by Crippen LogP contribution is -2.46. The molecule has 0 spiro atoms. The van der Waals surface area contributed by atoms with E-state index in [1.54, 1.807) is 11.8 Å². The molecule has 1 heterocycles. The number of fused-ring (bicyclic) bond motifs is 1. The van der Waals surface area contributed by atoms with Gasteiger partial charge in [0, 0.05) is 12.2 Å². The van der Waals surface area contributed by atoms with E-state index in [9.17, 15) is 9.59 Å². The summed E-state index contributed by atoms with van der Waals surface area (Å²) in [5.41, 5.74) is 2.09. The fourth-order valence-electron chi connectivity index (χ4n) is 2.44. The van der Waals surface area contributed by atoms with Crippen molar-refractivity contribution in [2.45, 2.75) is 20.3 Å². The number of para-hydroxylation sites is 1. The number of nitrogens with zero attached hydrogens (tertiary/aromatic N) is 1. The van der Waals surface area contributed by atoms with Gasteiger partial charge >= 0.3 is 12.0 Å². The van der Waals surface area contributed by atoms with Gasteiger partial charge in [-0.15, -0.1) is 0 Å². The van der Waals surface area contributed by atoms with Crippen LogP contribution in [0.25, 0.3) is 0 Å². The molecule has 2 rings (SSSR count). The summed E-state index contributed by atoms with van der Waals surface area (Å²) in [5.74, 6) is -0.0163. The fraction of sp³-hybridized carbons (Fsp3) is 0.467. The third-order valence-corrected chi connectivity index (χ3v) is 3.28. The van der Waals surface area contributed by atoms with Crippen molar-refractivity contribution in [3.63, 3.8) is 0 Å². The number of urea groups is 1. The summed E-state index contributed by atoms with van der Waals surface area (Å²) in [6.07, 6.45) is 0.970. The molecule has 1 atom stereocenters. The van der Waals surface area contributed by atoms with Crippen molar-refractivity contribution in [2.24, 2.45) is 5.92 Å². The van der Waals surface area contributed by atoms with Gasteiger partial charge in [-0.2, -0.15) is 0 Å². The fourth-order valence-corrected chi connectivity index (χ4v) is 2.44. The number of hydrogen-bond acceptors (Lipinski definition) is 3. The highest BCUT2D eigenvalue weighted by atomic mass is 16.5. The molecule has 0 aromatic heterocycles. The molecule has 0 fully saturated rings. The Morgan fingerprint density at radius 1 is 1.40 bits per heavy atom. The number of esters is 1. The number of ether oxygens (including phenoxy) is 1. The van der Waals surface area contributed by atoms with Gasteiger partial charge in [0.25, 0.3) is 0 Å². The Hall–Kier alpha value is -2.04. The average molecular weight is 276 g/mol. The van der Waals surface area contributed by atoms with Crippen LogP contribution in [-0.2, 0) is 16.0 Å². The zero-order chi connectivity index (χ0) is 14.5. The topological polar surface area (TPSA) is 58.6 Å². The maximum Gasteiger partial charge on any atom is 0.325 e. The van der Waals surface area contributed by atoms with E-state index in [0.717, 1.165) is 17.7 Å². The van der Waals surface area contributed by atoms with E-state index in [0.29, 0.717) is 19.1 Å². The number of carbonyl (C=O) groups is 2. The van der Waals surface area contributed by atoms with Crippen molar-refractivity contribution < 1.29 is 14.3 Å². The summed E-state index contributed by atoms with van der Waals surface area (Å²) in [6.45, 7) is 4.73. The molecular formula is C15H20N2O3. The molecule has 0 saturated heterocycles. The van der Waals surface area contributed by atoms with Crippen LogP contribution in [0.2, 0.25) is 0 Å². The van der Waals surface area contributed by atoms with Crippen LogP contribution in [0.1, 0.15) is 19.4 Å². The molecule has 0 saturated carbocycles. The summed E-state index contributed by atoms with van der Waals surface area (Å²) in [6, 6.07) is 7.62. The van der Waals surface area contributed by atoms with Crippen LogP contribution in [0.15, 0.2) is 24.3 Å². The number of nitrogens with one attached hydrogen (secondary N) is 1. The number of rotatable bonds is 3. The summed E-state index contributed by atoms with van der Waals surface area (Å²) < 4.78 is 4.80. The first-order chi connectivity index (χ1) is 9.61. The second-order valence-electron chi connectivity index (χ2n) is 5.01. The highest BCUT2D eigenvalue weighted by Crippen LogP contribution is 2.29. The smallest absolute Gasteiger partial charge is 0.325 e. The van der Waals surface area contributed by atoms with Crippen molar-refractivity contribution >= 4 is 17.7 Å². The monoisotopic (exact) mass is 276 g/mol. The minimum absolute atomic E-state index is 0.0975. The van der Waals surface area contributed by atoms with E-state index >= 15 is 0 Å². The van der Waals surface area contributed by atoms with E-state index in [1.807, 2.05) is 24.3 Å². The van der Waals surface area contributed by atoms with Crippen molar-refractivity contribution in [1.82, 2.24) is 5.32 Å². The molecule has 1 aromatic rings. The van der Waals surface area contributed by atoms with Crippen LogP contribution >= 0.6 is 0 Å². The zero-order valence-electron chi connectivity index (χ0n) is 11.9. The first kappa shape index (κ1) is 14.4. The normalized spacial score (nSPS) is 17.3. The van der Waals surface area contributed by atoms with Gasteiger partial charge < -0.3 is 10.1 Å². The lowest BCUT2D eigenvalue weighted by molar-refractivity contribution is -0.141. The lowest BCUT2D eigenvalue weighted by atomic mass is 9.94. The number of benzene rings is 1. The predicted octanol–water partition coefficient (Wildman–Crippen LogP) is 1.96. The Balaban J connectivity index is 2.05. The third kappa shape index (κ3) is 3.29. The van der Waals surface area contributed by atoms with Gasteiger partial charge in [-0.1, -0.05) is 25.1 Å². The molecule has 20 heavy (non-hydrogen) atoms. The van der Waals surface area contributed by atoms with Gasteiger partial charge in [-0.05, 0) is 30.9 Å². The SMILES string of the molecule is CCOC(=O)CNC(=O)N1CC(C)Cc2ccccc21. The Bertz CT molecular complexity index is 502. The molecule has 5 nitrogen and oxygen atoms in total. The second-order valence-corrected chi connectivity index (χ2v) is 5.01. The van der Waals surface area contributed by atoms with E-state index in [2.05, 4.69) is 12.2 Å². The standard InChI is InChI=1S/C15H20N2O3/c1-3-20-14(18)9-16-15(19)17-10-11(2)8-12-6-4-5-7-13(12)17/h4-7,11H,3,8-10H2,1-2H3,(H,16,19). The minimum atomic E-state index is -0.417.